The number of hydrogen-bond donors (Lipinski definition) is 2. The third-order valence-electron chi connectivity index (χ3n) is 3.25. The first-order valence-electron chi connectivity index (χ1n) is 6.80. The number of rotatable bonds is 3. The number of ether oxygens (including phenoxy) is 1. The summed E-state index contributed by atoms with van der Waals surface area (Å²) in [6.45, 7) is 0.784. The predicted molar refractivity (Wildman–Crippen MR) is 89.2 cm³/mol. The summed E-state index contributed by atoms with van der Waals surface area (Å²) >= 11 is 3.22. The lowest BCUT2D eigenvalue weighted by molar-refractivity contribution is 0.0957. The summed E-state index contributed by atoms with van der Waals surface area (Å²) < 4.78 is 33.3. The van der Waals surface area contributed by atoms with Crippen LogP contribution in [0.3, 0.4) is 0 Å². The molecule has 0 fully saturated rings. The molecule has 23 heavy (non-hydrogen) atoms. The van der Waals surface area contributed by atoms with Crippen LogP contribution in [0.1, 0.15) is 10.4 Å². The number of nitrogens with one attached hydrogen (secondary N) is 2. The Morgan fingerprint density at radius 1 is 1.17 bits per heavy atom. The maximum absolute atomic E-state index is 12.5. The van der Waals surface area contributed by atoms with Gasteiger partial charge in [-0.05, 0) is 46.3 Å². The molecule has 0 atom stereocenters. The fourth-order valence-electron chi connectivity index (χ4n) is 2.19. The number of hydrogen-bond acceptors (Lipinski definition) is 4. The average Bonchev–Trinajstić information content (AvgIpc) is 2.69. The second kappa shape index (κ2) is 6.21. The molecule has 120 valence electrons. The van der Waals surface area contributed by atoms with Gasteiger partial charge in [0.15, 0.2) is 0 Å². The van der Waals surface area contributed by atoms with E-state index < -0.39 is 10.0 Å². The number of carbonyl (C=O) groups excluding carboxylic acids is 1. The first-order chi connectivity index (χ1) is 11.0. The molecule has 0 spiro atoms. The Labute approximate surface area is 142 Å². The van der Waals surface area contributed by atoms with Gasteiger partial charge in [-0.15, -0.1) is 0 Å². The zero-order valence-corrected chi connectivity index (χ0v) is 14.3. The summed E-state index contributed by atoms with van der Waals surface area (Å²) in [7, 11) is -3.77. The van der Waals surface area contributed by atoms with E-state index in [4.69, 9.17) is 4.74 Å². The fourth-order valence-corrected chi connectivity index (χ4v) is 4.24. The molecule has 3 rings (SSSR count). The molecule has 0 saturated heterocycles. The van der Waals surface area contributed by atoms with Crippen molar-refractivity contribution in [1.82, 2.24) is 5.32 Å². The highest BCUT2D eigenvalue weighted by atomic mass is 79.9. The summed E-state index contributed by atoms with van der Waals surface area (Å²) in [5, 5.41) is 2.68. The van der Waals surface area contributed by atoms with E-state index in [2.05, 4.69) is 26.0 Å². The molecule has 2 N–H and O–H groups in total. The van der Waals surface area contributed by atoms with Gasteiger partial charge in [-0.2, -0.15) is 0 Å². The second-order valence-electron chi connectivity index (χ2n) is 4.85. The lowest BCUT2D eigenvalue weighted by atomic mass is 10.1. The van der Waals surface area contributed by atoms with E-state index in [1.54, 1.807) is 30.3 Å². The van der Waals surface area contributed by atoms with Crippen LogP contribution in [0.5, 0.6) is 5.75 Å². The number of amides is 1. The van der Waals surface area contributed by atoms with Crippen LogP contribution in [0.25, 0.3) is 0 Å². The molecule has 8 heteroatoms. The predicted octanol–water partition coefficient (Wildman–Crippen LogP) is 2.37. The quantitative estimate of drug-likeness (QED) is 0.833. The summed E-state index contributed by atoms with van der Waals surface area (Å²) in [5.74, 6) is 0.142. The maximum Gasteiger partial charge on any atom is 0.263 e. The number of sulfonamides is 1. The Morgan fingerprint density at radius 3 is 2.74 bits per heavy atom. The first-order valence-corrected chi connectivity index (χ1v) is 9.07. The van der Waals surface area contributed by atoms with Gasteiger partial charge in [0.2, 0.25) is 0 Å². The molecule has 0 saturated carbocycles. The van der Waals surface area contributed by atoms with Crippen LogP contribution >= 0.6 is 15.9 Å². The monoisotopic (exact) mass is 396 g/mol. The smallest absolute Gasteiger partial charge is 0.263 e. The van der Waals surface area contributed by atoms with Gasteiger partial charge < -0.3 is 10.1 Å². The third-order valence-corrected chi connectivity index (χ3v) is 5.64. The van der Waals surface area contributed by atoms with Crippen molar-refractivity contribution in [2.45, 2.75) is 4.90 Å². The van der Waals surface area contributed by atoms with Crippen LogP contribution in [-0.4, -0.2) is 27.5 Å². The lowest BCUT2D eigenvalue weighted by Gasteiger charge is -2.12. The molecule has 1 amide bonds. The van der Waals surface area contributed by atoms with E-state index in [-0.39, 0.29) is 10.8 Å². The van der Waals surface area contributed by atoms with Gasteiger partial charge in [0.1, 0.15) is 17.3 Å². The number of halogens is 1. The highest BCUT2D eigenvalue weighted by Gasteiger charge is 2.20. The van der Waals surface area contributed by atoms with E-state index in [1.807, 2.05) is 0 Å². The fraction of sp³-hybridized carbons (Fsp3) is 0.133. The molecule has 2 aromatic carbocycles. The van der Waals surface area contributed by atoms with Gasteiger partial charge in [-0.25, -0.2) is 8.42 Å². The number of fused-ring (bicyclic) bond motifs is 1. The maximum atomic E-state index is 12.5. The molecule has 1 aliphatic heterocycles. The van der Waals surface area contributed by atoms with E-state index in [0.717, 1.165) is 0 Å². The number of carbonyl (C=O) groups is 1. The zero-order chi connectivity index (χ0) is 16.4. The number of anilines is 1. The standard InChI is InChI=1S/C15H13BrN2O4S/c16-12-3-1-2-4-14(12)23(20,21)18-10-5-6-13-11(9-10)15(19)17-7-8-22-13/h1-6,9,18H,7-8H2,(H,17,19). The van der Waals surface area contributed by atoms with Gasteiger partial charge in [0.05, 0.1) is 12.1 Å². The Balaban J connectivity index is 1.95. The van der Waals surface area contributed by atoms with Crippen LogP contribution < -0.4 is 14.8 Å². The molecule has 0 bridgehead atoms. The molecule has 1 aliphatic rings. The van der Waals surface area contributed by atoms with Gasteiger partial charge in [-0.1, -0.05) is 12.1 Å². The van der Waals surface area contributed by atoms with Crippen molar-refractivity contribution in [2.24, 2.45) is 0 Å². The molecule has 2 aromatic rings. The Kier molecular flexibility index (Phi) is 4.27. The summed E-state index contributed by atoms with van der Waals surface area (Å²) in [6, 6.07) is 11.1. The minimum absolute atomic E-state index is 0.121. The van der Waals surface area contributed by atoms with Gasteiger partial charge in [0.25, 0.3) is 15.9 Å². The lowest BCUT2D eigenvalue weighted by Crippen LogP contribution is -2.24. The molecule has 0 radical (unpaired) electrons. The first kappa shape index (κ1) is 15.8. The van der Waals surface area contributed by atoms with Crippen molar-refractivity contribution < 1.29 is 17.9 Å². The van der Waals surface area contributed by atoms with Crippen molar-refractivity contribution >= 4 is 37.5 Å². The molecule has 6 nitrogen and oxygen atoms in total. The van der Waals surface area contributed by atoms with Crippen LogP contribution in [-0.2, 0) is 10.0 Å². The summed E-state index contributed by atoms with van der Waals surface area (Å²) in [5.41, 5.74) is 0.593. The van der Waals surface area contributed by atoms with Crippen molar-refractivity contribution in [3.8, 4) is 5.75 Å². The molecular weight excluding hydrogens is 384 g/mol. The molecule has 0 unspecified atom stereocenters. The normalized spacial score (nSPS) is 14.2. The second-order valence-corrected chi connectivity index (χ2v) is 7.36. The topological polar surface area (TPSA) is 84.5 Å². The van der Waals surface area contributed by atoms with E-state index in [1.165, 1.54) is 12.1 Å². The van der Waals surface area contributed by atoms with Gasteiger partial charge in [-0.3, -0.25) is 9.52 Å². The van der Waals surface area contributed by atoms with Crippen LogP contribution in [0.2, 0.25) is 0 Å². The molecule has 1 heterocycles. The molecule has 0 aliphatic carbocycles. The van der Waals surface area contributed by atoms with Crippen molar-refractivity contribution in [3.05, 3.63) is 52.5 Å². The van der Waals surface area contributed by atoms with E-state index in [0.29, 0.717) is 34.6 Å². The third kappa shape index (κ3) is 3.32. The van der Waals surface area contributed by atoms with Gasteiger partial charge >= 0.3 is 0 Å². The number of benzene rings is 2. The van der Waals surface area contributed by atoms with E-state index >= 15 is 0 Å². The SMILES string of the molecule is O=C1NCCOc2ccc(NS(=O)(=O)c3ccccc3Br)cc21. The highest BCUT2D eigenvalue weighted by Crippen LogP contribution is 2.27. The Bertz CT molecular complexity index is 868. The highest BCUT2D eigenvalue weighted by molar-refractivity contribution is 9.10. The van der Waals surface area contributed by atoms with Crippen LogP contribution in [0, 0.1) is 0 Å². The van der Waals surface area contributed by atoms with Gasteiger partial charge in [0, 0.05) is 10.2 Å². The van der Waals surface area contributed by atoms with E-state index in [9.17, 15) is 13.2 Å². The molecule has 0 aromatic heterocycles. The van der Waals surface area contributed by atoms with Crippen LogP contribution in [0.15, 0.2) is 51.8 Å². The Morgan fingerprint density at radius 2 is 1.96 bits per heavy atom. The van der Waals surface area contributed by atoms with Crippen molar-refractivity contribution in [3.63, 3.8) is 0 Å². The Hall–Kier alpha value is -2.06. The zero-order valence-electron chi connectivity index (χ0n) is 11.9. The largest absolute Gasteiger partial charge is 0.491 e. The minimum atomic E-state index is -3.77. The summed E-state index contributed by atoms with van der Waals surface area (Å²) in [4.78, 5) is 12.1. The van der Waals surface area contributed by atoms with Crippen LogP contribution in [0.4, 0.5) is 5.69 Å². The van der Waals surface area contributed by atoms with Crippen molar-refractivity contribution in [2.75, 3.05) is 17.9 Å². The van der Waals surface area contributed by atoms with Crippen molar-refractivity contribution in [1.29, 1.82) is 0 Å². The average molecular weight is 397 g/mol. The minimum Gasteiger partial charge on any atom is -0.491 e. The molecular formula is C15H13BrN2O4S. The summed E-state index contributed by atoms with van der Waals surface area (Å²) in [6.07, 6.45) is 0.